The molecule has 8 heteroatoms. The van der Waals surface area contributed by atoms with E-state index in [0.717, 1.165) is 24.1 Å². The normalized spacial score (nSPS) is 14.5. The highest BCUT2D eigenvalue weighted by atomic mass is 32.2. The Balaban J connectivity index is 1.48. The fourth-order valence-electron chi connectivity index (χ4n) is 3.45. The lowest BCUT2D eigenvalue weighted by molar-refractivity contribution is -0.128. The van der Waals surface area contributed by atoms with Gasteiger partial charge in [-0.2, -0.15) is 0 Å². The molecule has 0 atom stereocenters. The number of hydrogen-bond donors (Lipinski definition) is 1. The Morgan fingerprint density at radius 2 is 1.83 bits per heavy atom. The van der Waals surface area contributed by atoms with Crippen LogP contribution in [0.25, 0.3) is 10.9 Å². The molecule has 2 aromatic carbocycles. The summed E-state index contributed by atoms with van der Waals surface area (Å²) in [6.07, 6.45) is 4.23. The Morgan fingerprint density at radius 3 is 2.52 bits per heavy atom. The van der Waals surface area contributed by atoms with E-state index in [0.29, 0.717) is 36.2 Å². The van der Waals surface area contributed by atoms with Crippen LogP contribution in [0.1, 0.15) is 24.0 Å². The molecule has 4 rings (SSSR count). The van der Waals surface area contributed by atoms with Gasteiger partial charge in [-0.25, -0.2) is 18.4 Å². The van der Waals surface area contributed by atoms with E-state index >= 15 is 0 Å². The van der Waals surface area contributed by atoms with Gasteiger partial charge in [0, 0.05) is 37.7 Å². The third kappa shape index (κ3) is 4.37. The molecule has 0 saturated carbocycles. The summed E-state index contributed by atoms with van der Waals surface area (Å²) < 4.78 is 23.7. The summed E-state index contributed by atoms with van der Waals surface area (Å²) in [6, 6.07) is 12.9. The molecule has 1 saturated heterocycles. The van der Waals surface area contributed by atoms with E-state index in [-0.39, 0.29) is 10.8 Å². The van der Waals surface area contributed by atoms with Crippen molar-refractivity contribution in [2.45, 2.75) is 30.8 Å². The molecule has 1 fully saturated rings. The van der Waals surface area contributed by atoms with Gasteiger partial charge in [0.2, 0.25) is 5.91 Å². The van der Waals surface area contributed by atoms with Gasteiger partial charge in [0.1, 0.15) is 12.1 Å². The smallest absolute Gasteiger partial charge is 0.222 e. The molecule has 0 unspecified atom stereocenters. The van der Waals surface area contributed by atoms with Crippen LogP contribution < -0.4 is 5.32 Å². The van der Waals surface area contributed by atoms with E-state index in [4.69, 9.17) is 0 Å². The standard InChI is InChI=1S/C21H22N4O3S/c1-29(27,28)17-8-9-19-18(11-17)21(24-14-23-19)22-12-15-4-6-16(7-5-15)13-25-10-2-3-20(25)26/h4-9,11,14H,2-3,10,12-13H2,1H3,(H,22,23,24). The van der Waals surface area contributed by atoms with E-state index in [1.54, 1.807) is 18.2 Å². The fraction of sp³-hybridized carbons (Fsp3) is 0.286. The maximum Gasteiger partial charge on any atom is 0.222 e. The Morgan fingerprint density at radius 1 is 1.07 bits per heavy atom. The van der Waals surface area contributed by atoms with E-state index in [1.165, 1.54) is 12.6 Å². The SMILES string of the molecule is CS(=O)(=O)c1ccc2ncnc(NCc3ccc(CN4CCCC4=O)cc3)c2c1. The summed E-state index contributed by atoms with van der Waals surface area (Å²) in [5.41, 5.74) is 2.85. The van der Waals surface area contributed by atoms with Gasteiger partial charge in [-0.15, -0.1) is 0 Å². The van der Waals surface area contributed by atoms with Gasteiger partial charge in [0.05, 0.1) is 10.4 Å². The first-order valence-corrected chi connectivity index (χ1v) is 11.3. The minimum absolute atomic E-state index is 0.222. The lowest BCUT2D eigenvalue weighted by Crippen LogP contribution is -2.23. The Labute approximate surface area is 169 Å². The van der Waals surface area contributed by atoms with Crippen LogP contribution in [0.2, 0.25) is 0 Å². The van der Waals surface area contributed by atoms with Crippen molar-refractivity contribution < 1.29 is 13.2 Å². The molecule has 0 spiro atoms. The molecule has 0 bridgehead atoms. The quantitative estimate of drug-likeness (QED) is 0.672. The number of fused-ring (bicyclic) bond motifs is 1. The number of nitrogens with zero attached hydrogens (tertiary/aromatic N) is 3. The van der Waals surface area contributed by atoms with Gasteiger partial charge in [-0.3, -0.25) is 4.79 Å². The van der Waals surface area contributed by atoms with Crippen molar-refractivity contribution in [3.05, 3.63) is 59.9 Å². The molecule has 2 heterocycles. The van der Waals surface area contributed by atoms with Gasteiger partial charge in [0.25, 0.3) is 0 Å². The van der Waals surface area contributed by atoms with E-state index in [2.05, 4.69) is 15.3 Å². The van der Waals surface area contributed by atoms with Crippen LogP contribution in [0.5, 0.6) is 0 Å². The van der Waals surface area contributed by atoms with Gasteiger partial charge in [-0.05, 0) is 35.7 Å². The first-order valence-electron chi connectivity index (χ1n) is 9.44. The van der Waals surface area contributed by atoms with Crippen LogP contribution in [-0.4, -0.2) is 42.0 Å². The molecule has 1 aliphatic rings. The van der Waals surface area contributed by atoms with Crippen molar-refractivity contribution in [1.82, 2.24) is 14.9 Å². The zero-order valence-corrected chi connectivity index (χ0v) is 16.9. The van der Waals surface area contributed by atoms with E-state index in [1.807, 2.05) is 29.2 Å². The average molecular weight is 410 g/mol. The maximum absolute atomic E-state index is 11.9. The van der Waals surface area contributed by atoms with Gasteiger partial charge >= 0.3 is 0 Å². The number of sulfone groups is 1. The van der Waals surface area contributed by atoms with Crippen molar-refractivity contribution in [2.24, 2.45) is 0 Å². The summed E-state index contributed by atoms with van der Waals surface area (Å²) in [4.78, 5) is 22.4. The Hall–Kier alpha value is -3.00. The number of rotatable bonds is 6. The molecule has 1 amide bonds. The molecule has 7 nitrogen and oxygen atoms in total. The summed E-state index contributed by atoms with van der Waals surface area (Å²) in [7, 11) is -3.31. The Kier molecular flexibility index (Phi) is 5.19. The van der Waals surface area contributed by atoms with Crippen molar-refractivity contribution >= 4 is 32.5 Å². The third-order valence-electron chi connectivity index (χ3n) is 5.06. The minimum atomic E-state index is -3.31. The van der Waals surface area contributed by atoms with Crippen LogP contribution in [-0.2, 0) is 27.7 Å². The number of likely N-dealkylation sites (tertiary alicyclic amines) is 1. The molecular formula is C21H22N4O3S. The van der Waals surface area contributed by atoms with Gasteiger partial charge in [0.15, 0.2) is 9.84 Å². The topological polar surface area (TPSA) is 92.3 Å². The van der Waals surface area contributed by atoms with Crippen LogP contribution in [0.4, 0.5) is 5.82 Å². The highest BCUT2D eigenvalue weighted by Gasteiger charge is 2.19. The zero-order chi connectivity index (χ0) is 20.4. The molecule has 0 aliphatic carbocycles. The first-order chi connectivity index (χ1) is 13.9. The fourth-order valence-corrected chi connectivity index (χ4v) is 4.09. The zero-order valence-electron chi connectivity index (χ0n) is 16.1. The van der Waals surface area contributed by atoms with Gasteiger partial charge < -0.3 is 10.2 Å². The van der Waals surface area contributed by atoms with Crippen LogP contribution in [0.3, 0.4) is 0 Å². The largest absolute Gasteiger partial charge is 0.365 e. The van der Waals surface area contributed by atoms with E-state index < -0.39 is 9.84 Å². The molecule has 1 aromatic heterocycles. The molecular weight excluding hydrogens is 388 g/mol. The second-order valence-corrected chi connectivity index (χ2v) is 9.28. The predicted octanol–water partition coefficient (Wildman–Crippen LogP) is 2.77. The molecule has 3 aromatic rings. The van der Waals surface area contributed by atoms with Crippen molar-refractivity contribution in [3.8, 4) is 0 Å². The number of carbonyl (C=O) groups is 1. The number of aromatic nitrogens is 2. The molecule has 29 heavy (non-hydrogen) atoms. The van der Waals surface area contributed by atoms with Crippen molar-refractivity contribution in [2.75, 3.05) is 18.1 Å². The van der Waals surface area contributed by atoms with Gasteiger partial charge in [-0.1, -0.05) is 24.3 Å². The summed E-state index contributed by atoms with van der Waals surface area (Å²) in [6.45, 7) is 2.02. The number of anilines is 1. The minimum Gasteiger partial charge on any atom is -0.365 e. The highest BCUT2D eigenvalue weighted by molar-refractivity contribution is 7.90. The monoisotopic (exact) mass is 410 g/mol. The summed E-state index contributed by atoms with van der Waals surface area (Å²) in [5.74, 6) is 0.812. The Bertz CT molecular complexity index is 1160. The lowest BCUT2D eigenvalue weighted by Gasteiger charge is -2.15. The van der Waals surface area contributed by atoms with Crippen LogP contribution in [0, 0.1) is 0 Å². The molecule has 150 valence electrons. The number of amides is 1. The number of carbonyl (C=O) groups excluding carboxylic acids is 1. The predicted molar refractivity (Wildman–Crippen MR) is 111 cm³/mol. The molecule has 1 aliphatic heterocycles. The third-order valence-corrected chi connectivity index (χ3v) is 6.17. The summed E-state index contributed by atoms with van der Waals surface area (Å²) >= 11 is 0. The second-order valence-electron chi connectivity index (χ2n) is 7.26. The van der Waals surface area contributed by atoms with Crippen molar-refractivity contribution in [3.63, 3.8) is 0 Å². The second kappa shape index (κ2) is 7.79. The number of nitrogens with one attached hydrogen (secondary N) is 1. The maximum atomic E-state index is 11.9. The lowest BCUT2D eigenvalue weighted by atomic mass is 10.1. The van der Waals surface area contributed by atoms with E-state index in [9.17, 15) is 13.2 Å². The molecule has 0 radical (unpaired) electrons. The van der Waals surface area contributed by atoms with Crippen LogP contribution >= 0.6 is 0 Å². The van der Waals surface area contributed by atoms with Crippen LogP contribution in [0.15, 0.2) is 53.7 Å². The molecule has 1 N–H and O–H groups in total. The average Bonchev–Trinajstić information content (AvgIpc) is 3.11. The summed E-state index contributed by atoms with van der Waals surface area (Å²) in [5, 5.41) is 3.94. The number of hydrogen-bond acceptors (Lipinski definition) is 6. The van der Waals surface area contributed by atoms with Crippen molar-refractivity contribution in [1.29, 1.82) is 0 Å². The first kappa shape index (κ1) is 19.3. The highest BCUT2D eigenvalue weighted by Crippen LogP contribution is 2.23. The number of benzene rings is 2.